The zero-order chi connectivity index (χ0) is 16.4. The number of hydrogen-bond donors (Lipinski definition) is 2. The fraction of sp³-hybridized carbons (Fsp3) is 0.235. The van der Waals surface area contributed by atoms with Crippen molar-refractivity contribution in [2.75, 3.05) is 5.32 Å². The van der Waals surface area contributed by atoms with Gasteiger partial charge in [-0.3, -0.25) is 14.9 Å². The number of hydrogen-bond acceptors (Lipinski definition) is 4. The average molecular weight is 311 g/mol. The van der Waals surface area contributed by atoms with Crippen LogP contribution in [-0.4, -0.2) is 10.8 Å². The van der Waals surface area contributed by atoms with Crippen LogP contribution in [0.4, 0.5) is 11.4 Å². The lowest BCUT2D eigenvalue weighted by Crippen LogP contribution is -2.18. The molecule has 118 valence electrons. The van der Waals surface area contributed by atoms with Crippen molar-refractivity contribution in [3.05, 3.63) is 69.3 Å². The Labute approximate surface area is 133 Å². The summed E-state index contributed by atoms with van der Waals surface area (Å²) < 4.78 is 0. The number of benzene rings is 2. The molecule has 3 rings (SSSR count). The van der Waals surface area contributed by atoms with Crippen molar-refractivity contribution in [3.8, 4) is 0 Å². The Hall–Kier alpha value is -2.89. The molecule has 0 saturated heterocycles. The quantitative estimate of drug-likeness (QED) is 0.669. The number of carbonyl (C=O) groups excluding carboxylic acids is 1. The lowest BCUT2D eigenvalue weighted by Gasteiger charge is -2.27. The van der Waals surface area contributed by atoms with E-state index in [1.165, 1.54) is 23.3 Å². The molecule has 2 aromatic rings. The van der Waals surface area contributed by atoms with Gasteiger partial charge in [-0.25, -0.2) is 0 Å². The second kappa shape index (κ2) is 6.08. The minimum atomic E-state index is -0.678. The van der Waals surface area contributed by atoms with Crippen molar-refractivity contribution < 1.29 is 9.72 Å². The van der Waals surface area contributed by atoms with Crippen LogP contribution >= 0.6 is 0 Å². The lowest BCUT2D eigenvalue weighted by atomic mass is 9.87. The minimum Gasteiger partial charge on any atom is -0.373 e. The lowest BCUT2D eigenvalue weighted by molar-refractivity contribution is -0.384. The van der Waals surface area contributed by atoms with Crippen molar-refractivity contribution in [2.45, 2.75) is 25.3 Å². The van der Waals surface area contributed by atoms with Crippen LogP contribution in [0.25, 0.3) is 0 Å². The number of anilines is 1. The summed E-state index contributed by atoms with van der Waals surface area (Å²) in [5, 5.41) is 14.6. The van der Waals surface area contributed by atoms with Gasteiger partial charge < -0.3 is 11.1 Å². The van der Waals surface area contributed by atoms with E-state index >= 15 is 0 Å². The molecule has 0 unspecified atom stereocenters. The summed E-state index contributed by atoms with van der Waals surface area (Å²) in [6.07, 6.45) is 2.96. The van der Waals surface area contributed by atoms with E-state index in [4.69, 9.17) is 5.73 Å². The third-order valence-electron chi connectivity index (χ3n) is 4.18. The number of amides is 1. The van der Waals surface area contributed by atoms with Gasteiger partial charge in [0.05, 0.1) is 11.0 Å². The molecule has 6 nitrogen and oxygen atoms in total. The Morgan fingerprint density at radius 3 is 2.78 bits per heavy atom. The predicted octanol–water partition coefficient (Wildman–Crippen LogP) is 3.18. The van der Waals surface area contributed by atoms with Crippen molar-refractivity contribution in [2.24, 2.45) is 5.73 Å². The molecule has 0 saturated carbocycles. The maximum atomic E-state index is 11.3. The Balaban J connectivity index is 1.95. The summed E-state index contributed by atoms with van der Waals surface area (Å²) >= 11 is 0. The van der Waals surface area contributed by atoms with E-state index < -0.39 is 10.8 Å². The highest BCUT2D eigenvalue weighted by molar-refractivity contribution is 5.94. The molecular formula is C17H17N3O3. The summed E-state index contributed by atoms with van der Waals surface area (Å²) in [6, 6.07) is 12.4. The number of primary amides is 1. The molecular weight excluding hydrogens is 294 g/mol. The standard InChI is InChI=1S/C17H17N3O3/c18-17(21)12-8-9-15(16(10-12)20(22)23)19-14-7-3-5-11-4-1-2-6-13(11)14/h1-2,4,6,8-10,14,19H,3,5,7H2,(H2,18,21)/t14-/m0/s1. The van der Waals surface area contributed by atoms with Crippen LogP contribution in [0.5, 0.6) is 0 Å². The zero-order valence-electron chi connectivity index (χ0n) is 12.5. The zero-order valence-corrected chi connectivity index (χ0v) is 12.5. The third-order valence-corrected chi connectivity index (χ3v) is 4.18. The molecule has 0 aromatic heterocycles. The normalized spacial score (nSPS) is 16.4. The molecule has 2 aromatic carbocycles. The van der Waals surface area contributed by atoms with Crippen LogP contribution < -0.4 is 11.1 Å². The smallest absolute Gasteiger partial charge is 0.293 e. The first-order valence-electron chi connectivity index (χ1n) is 7.49. The van der Waals surface area contributed by atoms with E-state index in [1.54, 1.807) is 6.07 Å². The predicted molar refractivity (Wildman–Crippen MR) is 87.4 cm³/mol. The van der Waals surface area contributed by atoms with E-state index in [-0.39, 0.29) is 17.3 Å². The third kappa shape index (κ3) is 3.01. The van der Waals surface area contributed by atoms with E-state index in [0.29, 0.717) is 5.69 Å². The largest absolute Gasteiger partial charge is 0.373 e. The van der Waals surface area contributed by atoms with E-state index in [1.807, 2.05) is 12.1 Å². The number of nitrogens with one attached hydrogen (secondary N) is 1. The van der Waals surface area contributed by atoms with Gasteiger partial charge in [0, 0.05) is 11.6 Å². The molecule has 1 amide bonds. The first kappa shape index (κ1) is 15.0. The fourth-order valence-electron chi connectivity index (χ4n) is 3.05. The SMILES string of the molecule is NC(=O)c1ccc(N[C@H]2CCCc3ccccc32)c([N+](=O)[O-])c1. The van der Waals surface area contributed by atoms with Crippen molar-refractivity contribution >= 4 is 17.3 Å². The van der Waals surface area contributed by atoms with Crippen molar-refractivity contribution in [3.63, 3.8) is 0 Å². The van der Waals surface area contributed by atoms with Gasteiger partial charge in [-0.1, -0.05) is 24.3 Å². The van der Waals surface area contributed by atoms with Gasteiger partial charge in [-0.15, -0.1) is 0 Å². The summed E-state index contributed by atoms with van der Waals surface area (Å²) in [5.74, 6) is -0.678. The molecule has 1 atom stereocenters. The summed E-state index contributed by atoms with van der Waals surface area (Å²) in [4.78, 5) is 22.0. The van der Waals surface area contributed by atoms with E-state index in [2.05, 4.69) is 17.4 Å². The number of aryl methyl sites for hydroxylation is 1. The van der Waals surface area contributed by atoms with Gasteiger partial charge in [0.25, 0.3) is 5.69 Å². The molecule has 0 bridgehead atoms. The maximum absolute atomic E-state index is 11.3. The second-order valence-electron chi connectivity index (χ2n) is 5.64. The van der Waals surface area contributed by atoms with Crippen LogP contribution in [0.3, 0.4) is 0 Å². The molecule has 0 heterocycles. The monoisotopic (exact) mass is 311 g/mol. The Morgan fingerprint density at radius 2 is 2.04 bits per heavy atom. The van der Waals surface area contributed by atoms with E-state index in [0.717, 1.165) is 19.3 Å². The van der Waals surface area contributed by atoms with Crippen molar-refractivity contribution in [1.29, 1.82) is 0 Å². The van der Waals surface area contributed by atoms with Gasteiger partial charge in [0.15, 0.2) is 0 Å². The molecule has 1 aliphatic rings. The fourth-order valence-corrected chi connectivity index (χ4v) is 3.05. The van der Waals surface area contributed by atoms with Crippen molar-refractivity contribution in [1.82, 2.24) is 0 Å². The number of nitro benzene ring substituents is 1. The Bertz CT molecular complexity index is 773. The summed E-state index contributed by atoms with van der Waals surface area (Å²) in [7, 11) is 0. The number of rotatable bonds is 4. The molecule has 0 radical (unpaired) electrons. The molecule has 0 spiro atoms. The highest BCUT2D eigenvalue weighted by Gasteiger charge is 2.23. The van der Waals surface area contributed by atoms with Gasteiger partial charge in [0.2, 0.25) is 5.91 Å². The van der Waals surface area contributed by atoms with Crippen LogP contribution in [-0.2, 0) is 6.42 Å². The molecule has 3 N–H and O–H groups in total. The highest BCUT2D eigenvalue weighted by Crippen LogP contribution is 2.35. The first-order chi connectivity index (χ1) is 11.1. The van der Waals surface area contributed by atoms with Gasteiger partial charge >= 0.3 is 0 Å². The summed E-state index contributed by atoms with van der Waals surface area (Å²) in [5.41, 5.74) is 8.04. The van der Waals surface area contributed by atoms with Crippen LogP contribution in [0.1, 0.15) is 40.4 Å². The minimum absolute atomic E-state index is 0.0260. The number of nitrogens with two attached hydrogens (primary N) is 1. The molecule has 23 heavy (non-hydrogen) atoms. The maximum Gasteiger partial charge on any atom is 0.293 e. The molecule has 0 aliphatic heterocycles. The number of fused-ring (bicyclic) bond motifs is 1. The number of nitro groups is 1. The number of nitrogens with zero attached hydrogens (tertiary/aromatic N) is 1. The van der Waals surface area contributed by atoms with Gasteiger partial charge in [-0.2, -0.15) is 0 Å². The number of carbonyl (C=O) groups is 1. The molecule has 1 aliphatic carbocycles. The topological polar surface area (TPSA) is 98.3 Å². The van der Waals surface area contributed by atoms with E-state index in [9.17, 15) is 14.9 Å². The van der Waals surface area contributed by atoms with Crippen LogP contribution in [0, 0.1) is 10.1 Å². The molecule has 6 heteroatoms. The second-order valence-corrected chi connectivity index (χ2v) is 5.64. The van der Waals surface area contributed by atoms with Gasteiger partial charge in [-0.05, 0) is 42.5 Å². The van der Waals surface area contributed by atoms with Crippen LogP contribution in [0.15, 0.2) is 42.5 Å². The first-order valence-corrected chi connectivity index (χ1v) is 7.49. The summed E-state index contributed by atoms with van der Waals surface area (Å²) in [6.45, 7) is 0. The average Bonchev–Trinajstić information content (AvgIpc) is 2.55. The highest BCUT2D eigenvalue weighted by atomic mass is 16.6. The Morgan fingerprint density at radius 1 is 1.26 bits per heavy atom. The van der Waals surface area contributed by atoms with Crippen LogP contribution in [0.2, 0.25) is 0 Å². The van der Waals surface area contributed by atoms with Gasteiger partial charge in [0.1, 0.15) is 5.69 Å². The Kier molecular flexibility index (Phi) is 3.97. The molecule has 0 fully saturated rings.